The van der Waals surface area contributed by atoms with Crippen molar-refractivity contribution in [2.24, 2.45) is 0 Å². The fourth-order valence-corrected chi connectivity index (χ4v) is 7.94. The Bertz CT molecular complexity index is 1300. The van der Waals surface area contributed by atoms with Crippen LogP contribution in [0.15, 0.2) is 54.6 Å². The van der Waals surface area contributed by atoms with E-state index in [4.69, 9.17) is 9.05 Å². The number of rotatable bonds is 2. The molecule has 0 unspecified atom stereocenters. The maximum atomic E-state index is 10.7. The highest BCUT2D eigenvalue weighted by Gasteiger charge is 2.55. The Labute approximate surface area is 230 Å². The quantitative estimate of drug-likeness (QED) is 0.337. The number of benzene rings is 3. The van der Waals surface area contributed by atoms with E-state index in [1.165, 1.54) is 38.9 Å². The molecule has 3 aromatic carbocycles. The Morgan fingerprint density at radius 1 is 0.632 bits per heavy atom. The fourth-order valence-electron chi connectivity index (χ4n) is 5.75. The summed E-state index contributed by atoms with van der Waals surface area (Å²) in [6.07, 6.45) is 0. The van der Waals surface area contributed by atoms with E-state index >= 15 is 0 Å². The molecule has 0 bridgehead atoms. The van der Waals surface area contributed by atoms with E-state index in [1.807, 2.05) is 0 Å². The molecule has 0 amide bonds. The van der Waals surface area contributed by atoms with E-state index in [9.17, 15) is 5.11 Å². The van der Waals surface area contributed by atoms with Gasteiger partial charge >= 0.3 is 0 Å². The molecule has 5 rings (SSSR count). The highest BCUT2D eigenvalue weighted by Crippen LogP contribution is 2.71. The Balaban J connectivity index is 1.96. The van der Waals surface area contributed by atoms with Crippen molar-refractivity contribution in [2.75, 3.05) is 0 Å². The normalized spacial score (nSPS) is 21.5. The van der Waals surface area contributed by atoms with Crippen molar-refractivity contribution in [1.29, 1.82) is 0 Å². The zero-order valence-electron chi connectivity index (χ0n) is 24.5. The van der Waals surface area contributed by atoms with Crippen LogP contribution in [0.5, 0.6) is 0 Å². The van der Waals surface area contributed by atoms with E-state index in [-0.39, 0.29) is 22.9 Å². The lowest BCUT2D eigenvalue weighted by Gasteiger charge is -2.49. The zero-order chi connectivity index (χ0) is 27.7. The molecule has 3 nitrogen and oxygen atoms in total. The molecule has 2 heterocycles. The van der Waals surface area contributed by atoms with Gasteiger partial charge in [0.1, 0.15) is 5.16 Å². The second-order valence-electron chi connectivity index (χ2n) is 14.0. The molecule has 0 saturated heterocycles. The summed E-state index contributed by atoms with van der Waals surface area (Å²) in [7, 11) is -1.36. The van der Waals surface area contributed by atoms with E-state index in [2.05, 4.69) is 117 Å². The first-order chi connectivity index (χ1) is 17.7. The van der Waals surface area contributed by atoms with Gasteiger partial charge < -0.3 is 14.2 Å². The van der Waals surface area contributed by atoms with Gasteiger partial charge in [-0.3, -0.25) is 0 Å². The predicted octanol–water partition coefficient (Wildman–Crippen LogP) is 8.74. The third-order valence-electron chi connectivity index (χ3n) is 8.22. The number of hydrogen-bond donors (Lipinski definition) is 1. The average molecular weight is 531 g/mol. The van der Waals surface area contributed by atoms with Crippen LogP contribution < -0.4 is 0 Å². The topological polar surface area (TPSA) is 38.7 Å². The minimum Gasteiger partial charge on any atom is -0.392 e. The van der Waals surface area contributed by atoms with Crippen LogP contribution in [0.4, 0.5) is 0 Å². The summed E-state index contributed by atoms with van der Waals surface area (Å²) >= 11 is 0. The summed E-state index contributed by atoms with van der Waals surface area (Å²) in [5, 5.41) is 10.1. The third-order valence-corrected chi connectivity index (χ3v) is 10.2. The van der Waals surface area contributed by atoms with Gasteiger partial charge in [0, 0.05) is 0 Å². The number of aliphatic hydroxyl groups is 1. The molecule has 2 aliphatic heterocycles. The van der Waals surface area contributed by atoms with Crippen molar-refractivity contribution >= 4 is 8.38 Å². The minimum absolute atomic E-state index is 0.00401. The van der Waals surface area contributed by atoms with E-state index < -0.39 is 13.5 Å². The molecule has 0 radical (unpaired) electrons. The first-order valence-electron chi connectivity index (χ1n) is 13.8. The van der Waals surface area contributed by atoms with Gasteiger partial charge in [-0.2, -0.15) is 0 Å². The second-order valence-corrected chi connectivity index (χ2v) is 15.7. The summed E-state index contributed by atoms with van der Waals surface area (Å²) in [5.74, 6) is 0. The van der Waals surface area contributed by atoms with E-state index in [0.29, 0.717) is 13.2 Å². The standard InChI is InChI=1S/C34H43O3P/c1-31(2,3)25-13-10-22(19-35)28(16-25)34-29-17-26(32(4,5)6)14-11-23(29)20-36-38(34)37-21-24-12-15-27(18-30(24)34)33(7,8)9/h10-18,35H,19-21H2,1-9H3. The van der Waals surface area contributed by atoms with Gasteiger partial charge in [0.05, 0.1) is 19.8 Å². The molecule has 4 heteroatoms. The molecule has 38 heavy (non-hydrogen) atoms. The molecule has 0 atom stereocenters. The number of hydrogen-bond acceptors (Lipinski definition) is 3. The highest BCUT2D eigenvalue weighted by molar-refractivity contribution is 7.49. The van der Waals surface area contributed by atoms with Gasteiger partial charge in [-0.15, -0.1) is 0 Å². The molecular weight excluding hydrogens is 487 g/mol. The van der Waals surface area contributed by atoms with E-state index in [1.54, 1.807) is 0 Å². The first kappa shape index (κ1) is 27.5. The Morgan fingerprint density at radius 2 is 1.03 bits per heavy atom. The highest BCUT2D eigenvalue weighted by atomic mass is 31.2. The lowest BCUT2D eigenvalue weighted by atomic mass is 9.73. The van der Waals surface area contributed by atoms with Crippen LogP contribution in [0, 0.1) is 0 Å². The average Bonchev–Trinajstić information content (AvgIpc) is 2.85. The maximum absolute atomic E-state index is 10.7. The van der Waals surface area contributed by atoms with Gasteiger partial charge in [-0.05, 0) is 66.3 Å². The first-order valence-corrected chi connectivity index (χ1v) is 14.9. The summed E-state index contributed by atoms with van der Waals surface area (Å²) in [6, 6.07) is 20.4. The Morgan fingerprint density at radius 3 is 1.42 bits per heavy atom. The van der Waals surface area contributed by atoms with E-state index in [0.717, 1.165) is 11.1 Å². The van der Waals surface area contributed by atoms with Crippen LogP contribution in [-0.2, 0) is 50.3 Å². The van der Waals surface area contributed by atoms with Gasteiger partial charge in [-0.1, -0.05) is 117 Å². The lowest BCUT2D eigenvalue weighted by molar-refractivity contribution is 0.203. The Hall–Kier alpha value is -2.03. The summed E-state index contributed by atoms with van der Waals surface area (Å²) in [6.45, 7) is 21.4. The molecule has 0 spiro atoms. The minimum atomic E-state index is -1.36. The molecular formula is C34H43O3P. The van der Waals surface area contributed by atoms with Gasteiger partial charge in [-0.25, -0.2) is 0 Å². The number of aliphatic hydroxyl groups excluding tert-OH is 1. The van der Waals surface area contributed by atoms with Gasteiger partial charge in [0.25, 0.3) is 0 Å². The van der Waals surface area contributed by atoms with Crippen LogP contribution in [-0.4, -0.2) is 5.11 Å². The van der Waals surface area contributed by atoms with Crippen LogP contribution in [0.25, 0.3) is 0 Å². The fraction of sp³-hybridized carbons (Fsp3) is 0.471. The van der Waals surface area contributed by atoms with Gasteiger partial charge in [0.15, 0.2) is 8.38 Å². The van der Waals surface area contributed by atoms with Gasteiger partial charge in [0.2, 0.25) is 0 Å². The second kappa shape index (κ2) is 9.27. The zero-order valence-corrected chi connectivity index (χ0v) is 25.4. The molecule has 0 saturated carbocycles. The predicted molar refractivity (Wildman–Crippen MR) is 158 cm³/mol. The van der Waals surface area contributed by atoms with Crippen molar-refractivity contribution < 1.29 is 14.2 Å². The van der Waals surface area contributed by atoms with Crippen LogP contribution >= 0.6 is 8.38 Å². The Kier molecular flexibility index (Phi) is 6.72. The van der Waals surface area contributed by atoms with Crippen LogP contribution in [0.3, 0.4) is 0 Å². The largest absolute Gasteiger partial charge is 0.392 e. The van der Waals surface area contributed by atoms with Crippen molar-refractivity contribution in [3.8, 4) is 0 Å². The monoisotopic (exact) mass is 530 g/mol. The van der Waals surface area contributed by atoms with Crippen molar-refractivity contribution in [2.45, 2.75) is 104 Å². The lowest BCUT2D eigenvalue weighted by Crippen LogP contribution is -2.38. The third kappa shape index (κ3) is 4.46. The maximum Gasteiger partial charge on any atom is 0.192 e. The molecule has 3 aromatic rings. The van der Waals surface area contributed by atoms with Crippen LogP contribution in [0.1, 0.15) is 112 Å². The molecule has 0 aliphatic carbocycles. The molecule has 202 valence electrons. The van der Waals surface area contributed by atoms with Crippen molar-refractivity contribution in [3.05, 3.63) is 105 Å². The smallest absolute Gasteiger partial charge is 0.192 e. The summed E-state index contributed by atoms with van der Waals surface area (Å²) in [5.41, 5.74) is 10.7. The summed E-state index contributed by atoms with van der Waals surface area (Å²) in [4.78, 5) is 0. The van der Waals surface area contributed by atoms with Crippen molar-refractivity contribution in [3.63, 3.8) is 0 Å². The summed E-state index contributed by atoms with van der Waals surface area (Å²) < 4.78 is 13.3. The molecule has 0 fully saturated rings. The van der Waals surface area contributed by atoms with Crippen LogP contribution in [0.2, 0.25) is 0 Å². The number of fused-ring (bicyclic) bond motifs is 5. The SMILES string of the molecule is CC(C)(C)c1ccc(CO)c(C23c4cc(C(C)(C)C)ccc4COP2OCc2ccc(C(C)(C)C)cc23)c1. The molecule has 1 N–H and O–H groups in total. The molecule has 0 aromatic heterocycles. The molecule has 2 aliphatic rings. The van der Waals surface area contributed by atoms with Crippen molar-refractivity contribution in [1.82, 2.24) is 0 Å².